The van der Waals surface area contributed by atoms with Crippen molar-refractivity contribution in [2.24, 2.45) is 0 Å². The Balaban J connectivity index is 3.22. The molecule has 0 aliphatic heterocycles. The third-order valence-corrected chi connectivity index (χ3v) is 0.470. The van der Waals surface area contributed by atoms with Crippen LogP contribution in [0.5, 0.6) is 0 Å². The highest BCUT2D eigenvalue weighted by Crippen LogP contribution is 1.82. The highest BCUT2D eigenvalue weighted by Gasteiger charge is 1.76. The molecule has 0 aromatic rings. The van der Waals surface area contributed by atoms with Crippen LogP contribution in [0, 0.1) is 0 Å². The monoisotopic (exact) mass is 88.1 g/mol. The Hall–Kier alpha value is -0.500. The maximum atomic E-state index is 8.11. The van der Waals surface area contributed by atoms with E-state index in [4.69, 9.17) is 10.2 Å². The van der Waals surface area contributed by atoms with Gasteiger partial charge in [-0.05, 0) is 12.5 Å². The average Bonchev–Trinajstić information content (AvgIpc) is 1.65. The van der Waals surface area contributed by atoms with Gasteiger partial charge in [-0.15, -0.1) is 0 Å². The molecule has 0 saturated carbocycles. The molecule has 36 valence electrons. The smallest absolute Gasteiger partial charge is 0.0803 e. The van der Waals surface area contributed by atoms with Crippen molar-refractivity contribution in [3.8, 4) is 0 Å². The van der Waals surface area contributed by atoms with Crippen molar-refractivity contribution >= 4 is 0 Å². The molecule has 0 aromatic heterocycles. The first-order valence-corrected chi connectivity index (χ1v) is 1.72. The molecular weight excluding hydrogens is 80.0 g/mol. The minimum Gasteiger partial charge on any atom is -0.516 e. The maximum Gasteiger partial charge on any atom is 0.0803 e. The molecule has 0 heterocycles. The van der Waals surface area contributed by atoms with E-state index in [2.05, 4.69) is 0 Å². The Morgan fingerprint density at radius 3 is 2.33 bits per heavy atom. The van der Waals surface area contributed by atoms with Crippen LogP contribution in [-0.4, -0.2) is 16.8 Å². The molecule has 0 unspecified atom stereocenters. The van der Waals surface area contributed by atoms with Crippen molar-refractivity contribution < 1.29 is 10.2 Å². The Morgan fingerprint density at radius 1 is 1.83 bits per heavy atom. The van der Waals surface area contributed by atoms with Gasteiger partial charge < -0.3 is 10.2 Å². The fraction of sp³-hybridized carbons (Fsp3) is 0.500. The van der Waals surface area contributed by atoms with E-state index in [-0.39, 0.29) is 6.61 Å². The molecule has 0 fully saturated rings. The third-order valence-electron chi connectivity index (χ3n) is 0.470. The summed E-state index contributed by atoms with van der Waals surface area (Å²) >= 11 is 0. The molecule has 0 aliphatic carbocycles. The van der Waals surface area contributed by atoms with E-state index in [1.807, 2.05) is 0 Å². The van der Waals surface area contributed by atoms with E-state index in [1.54, 1.807) is 6.92 Å². The number of aliphatic hydroxyl groups is 2. The summed E-state index contributed by atoms with van der Waals surface area (Å²) in [6, 6.07) is 0. The first-order valence-electron chi connectivity index (χ1n) is 1.72. The van der Waals surface area contributed by atoms with Crippen LogP contribution >= 0.6 is 0 Å². The highest BCUT2D eigenvalue weighted by molar-refractivity contribution is 4.90. The zero-order chi connectivity index (χ0) is 4.99. The molecule has 0 spiro atoms. The second-order valence-corrected chi connectivity index (χ2v) is 1.13. The summed E-state index contributed by atoms with van der Waals surface area (Å²) in [5, 5.41) is 16.1. The van der Waals surface area contributed by atoms with Crippen molar-refractivity contribution in [3.05, 3.63) is 11.8 Å². The van der Waals surface area contributed by atoms with E-state index >= 15 is 0 Å². The Labute approximate surface area is 36.7 Å². The number of hydrogen-bond acceptors (Lipinski definition) is 2. The van der Waals surface area contributed by atoms with Gasteiger partial charge in [-0.1, -0.05) is 0 Å². The van der Waals surface area contributed by atoms with Crippen LogP contribution in [-0.2, 0) is 0 Å². The van der Waals surface area contributed by atoms with Crippen LogP contribution in [0.3, 0.4) is 0 Å². The van der Waals surface area contributed by atoms with E-state index < -0.39 is 0 Å². The first-order chi connectivity index (χ1) is 2.81. The Bertz CT molecular complexity index is 56.6. The highest BCUT2D eigenvalue weighted by atomic mass is 16.3. The first kappa shape index (κ1) is 5.50. The predicted molar refractivity (Wildman–Crippen MR) is 23.5 cm³/mol. The van der Waals surface area contributed by atoms with Crippen LogP contribution in [0.4, 0.5) is 0 Å². The molecule has 0 aliphatic rings. The molecule has 0 saturated heterocycles. The second kappa shape index (κ2) is 2.72. The Kier molecular flexibility index (Phi) is 2.50. The standard InChI is InChI=1S/C4H8O2/c1-4(2-5)3-6/h2,5-6H,3H2,1H3. The van der Waals surface area contributed by atoms with Crippen molar-refractivity contribution in [2.75, 3.05) is 6.61 Å². The fourth-order valence-corrected chi connectivity index (χ4v) is 0.0408. The predicted octanol–water partition coefficient (Wildman–Crippen LogP) is 0.440. The van der Waals surface area contributed by atoms with Crippen molar-refractivity contribution in [1.29, 1.82) is 0 Å². The summed E-state index contributed by atoms with van der Waals surface area (Å²) in [5.41, 5.74) is 0.579. The van der Waals surface area contributed by atoms with Gasteiger partial charge in [0.25, 0.3) is 0 Å². The minimum atomic E-state index is -0.0590. The molecule has 0 radical (unpaired) electrons. The minimum absolute atomic E-state index is 0.0590. The van der Waals surface area contributed by atoms with Gasteiger partial charge in [-0.2, -0.15) is 0 Å². The zero-order valence-electron chi connectivity index (χ0n) is 3.68. The van der Waals surface area contributed by atoms with Gasteiger partial charge in [0, 0.05) is 0 Å². The molecule has 6 heavy (non-hydrogen) atoms. The number of hydrogen-bond donors (Lipinski definition) is 2. The average molecular weight is 88.1 g/mol. The van der Waals surface area contributed by atoms with E-state index in [1.165, 1.54) is 0 Å². The topological polar surface area (TPSA) is 40.5 Å². The van der Waals surface area contributed by atoms with Gasteiger partial charge in [0.2, 0.25) is 0 Å². The molecule has 2 heteroatoms. The molecule has 0 rings (SSSR count). The van der Waals surface area contributed by atoms with Crippen LogP contribution in [0.2, 0.25) is 0 Å². The lowest BCUT2D eigenvalue weighted by molar-refractivity contribution is 0.324. The summed E-state index contributed by atoms with van der Waals surface area (Å²) in [7, 11) is 0. The van der Waals surface area contributed by atoms with E-state index in [0.29, 0.717) is 5.57 Å². The van der Waals surface area contributed by atoms with Crippen molar-refractivity contribution in [3.63, 3.8) is 0 Å². The lowest BCUT2D eigenvalue weighted by Crippen LogP contribution is -1.80. The van der Waals surface area contributed by atoms with Gasteiger partial charge in [0.1, 0.15) is 0 Å². The molecule has 0 amide bonds. The van der Waals surface area contributed by atoms with Gasteiger partial charge in [0.05, 0.1) is 12.9 Å². The van der Waals surface area contributed by atoms with Crippen LogP contribution in [0.1, 0.15) is 6.92 Å². The number of rotatable bonds is 1. The Morgan fingerprint density at radius 2 is 2.33 bits per heavy atom. The molecule has 2 nitrogen and oxygen atoms in total. The maximum absolute atomic E-state index is 8.11. The summed E-state index contributed by atoms with van der Waals surface area (Å²) in [6.45, 7) is 1.58. The summed E-state index contributed by atoms with van der Waals surface area (Å²) in [6.07, 6.45) is 0.889. The molecule has 2 N–H and O–H groups in total. The zero-order valence-corrected chi connectivity index (χ0v) is 3.68. The lowest BCUT2D eigenvalue weighted by Gasteiger charge is -1.83. The second-order valence-electron chi connectivity index (χ2n) is 1.13. The van der Waals surface area contributed by atoms with Gasteiger partial charge >= 0.3 is 0 Å². The lowest BCUT2D eigenvalue weighted by atomic mass is 10.4. The summed E-state index contributed by atoms with van der Waals surface area (Å²) in [5.74, 6) is 0. The summed E-state index contributed by atoms with van der Waals surface area (Å²) in [4.78, 5) is 0. The van der Waals surface area contributed by atoms with Crippen molar-refractivity contribution in [2.45, 2.75) is 6.92 Å². The van der Waals surface area contributed by atoms with Crippen LogP contribution in [0.15, 0.2) is 11.8 Å². The van der Waals surface area contributed by atoms with Crippen molar-refractivity contribution in [1.82, 2.24) is 0 Å². The molecule has 0 atom stereocenters. The molecule has 0 aromatic carbocycles. The normalized spacial score (nSPS) is 12.0. The van der Waals surface area contributed by atoms with Gasteiger partial charge in [-0.3, -0.25) is 0 Å². The molecular formula is C4H8O2. The largest absolute Gasteiger partial charge is 0.516 e. The summed E-state index contributed by atoms with van der Waals surface area (Å²) < 4.78 is 0. The third kappa shape index (κ3) is 1.79. The SMILES string of the molecule is CC(=CO)CO. The van der Waals surface area contributed by atoms with Crippen LogP contribution < -0.4 is 0 Å². The van der Waals surface area contributed by atoms with E-state index in [9.17, 15) is 0 Å². The quantitative estimate of drug-likeness (QED) is 0.456. The van der Waals surface area contributed by atoms with Gasteiger partial charge in [0.15, 0.2) is 0 Å². The van der Waals surface area contributed by atoms with Crippen LogP contribution in [0.25, 0.3) is 0 Å². The van der Waals surface area contributed by atoms with E-state index in [0.717, 1.165) is 6.26 Å². The fourth-order valence-electron chi connectivity index (χ4n) is 0.0408. The van der Waals surface area contributed by atoms with Gasteiger partial charge in [-0.25, -0.2) is 0 Å². The number of aliphatic hydroxyl groups excluding tert-OH is 2. The molecule has 0 bridgehead atoms.